The van der Waals surface area contributed by atoms with Gasteiger partial charge in [-0.2, -0.15) is 0 Å². The number of carboxylic acids is 1. The molecule has 0 amide bonds. The van der Waals surface area contributed by atoms with E-state index in [2.05, 4.69) is 0 Å². The molecule has 0 radical (unpaired) electrons. The van der Waals surface area contributed by atoms with Gasteiger partial charge in [-0.1, -0.05) is 11.6 Å². The van der Waals surface area contributed by atoms with Crippen molar-refractivity contribution in [3.8, 4) is 11.5 Å². The van der Waals surface area contributed by atoms with Gasteiger partial charge in [-0.3, -0.25) is 4.79 Å². The van der Waals surface area contributed by atoms with Crippen molar-refractivity contribution in [1.82, 2.24) is 0 Å². The molecule has 0 aliphatic carbocycles. The Hall–Kier alpha value is -2.20. The molecule has 19 heavy (non-hydrogen) atoms. The van der Waals surface area contributed by atoms with Gasteiger partial charge in [0.2, 0.25) is 0 Å². The molecule has 2 rings (SSSR count). The summed E-state index contributed by atoms with van der Waals surface area (Å²) in [6, 6.07) is 11.8. The number of halogens is 1. The number of rotatable bonds is 4. The zero-order chi connectivity index (χ0) is 13.8. The van der Waals surface area contributed by atoms with Gasteiger partial charge >= 0.3 is 5.97 Å². The van der Waals surface area contributed by atoms with Crippen molar-refractivity contribution in [2.24, 2.45) is 0 Å². The first kappa shape index (κ1) is 13.2. The van der Waals surface area contributed by atoms with Crippen LogP contribution in [0.5, 0.6) is 11.5 Å². The highest BCUT2D eigenvalue weighted by Gasteiger charge is 2.07. The third-order valence-electron chi connectivity index (χ3n) is 2.51. The lowest BCUT2D eigenvalue weighted by Gasteiger charge is -2.09. The molecule has 98 valence electrons. The van der Waals surface area contributed by atoms with Gasteiger partial charge in [-0.15, -0.1) is 0 Å². The zero-order valence-corrected chi connectivity index (χ0v) is 10.7. The van der Waals surface area contributed by atoms with Gasteiger partial charge in [-0.05, 0) is 48.0 Å². The van der Waals surface area contributed by atoms with Crippen LogP contribution in [0.2, 0.25) is 5.02 Å². The van der Waals surface area contributed by atoms with E-state index in [9.17, 15) is 4.79 Å². The van der Waals surface area contributed by atoms with Gasteiger partial charge in [0.25, 0.3) is 0 Å². The van der Waals surface area contributed by atoms with E-state index in [1.165, 1.54) is 0 Å². The second kappa shape index (κ2) is 5.63. The summed E-state index contributed by atoms with van der Waals surface area (Å²) in [5.41, 5.74) is 6.68. The van der Waals surface area contributed by atoms with Crippen molar-refractivity contribution in [3.05, 3.63) is 53.1 Å². The van der Waals surface area contributed by atoms with Crippen LogP contribution in [0.25, 0.3) is 0 Å². The first-order chi connectivity index (χ1) is 9.04. The first-order valence-electron chi connectivity index (χ1n) is 5.58. The minimum Gasteiger partial charge on any atom is -0.481 e. The van der Waals surface area contributed by atoms with Crippen molar-refractivity contribution >= 4 is 23.3 Å². The summed E-state index contributed by atoms with van der Waals surface area (Å²) in [5.74, 6) is 0.221. The van der Waals surface area contributed by atoms with Crippen LogP contribution < -0.4 is 10.5 Å². The standard InChI is InChI=1S/C14H12ClNO3/c15-10-1-3-11(4-2-10)19-12-5-6-13(16)9(7-12)8-14(17)18/h1-7H,8,16H2,(H,17,18). The number of hydrogen-bond donors (Lipinski definition) is 2. The topological polar surface area (TPSA) is 72.5 Å². The van der Waals surface area contributed by atoms with E-state index in [4.69, 9.17) is 27.2 Å². The van der Waals surface area contributed by atoms with E-state index < -0.39 is 5.97 Å². The Labute approximate surface area is 115 Å². The minimum atomic E-state index is -0.935. The third-order valence-corrected chi connectivity index (χ3v) is 2.76. The van der Waals surface area contributed by atoms with Crippen molar-refractivity contribution in [3.63, 3.8) is 0 Å². The van der Waals surface area contributed by atoms with Gasteiger partial charge in [0.15, 0.2) is 0 Å². The molecule has 0 aromatic heterocycles. The summed E-state index contributed by atoms with van der Waals surface area (Å²) in [4.78, 5) is 10.7. The number of ether oxygens (including phenoxy) is 1. The number of benzene rings is 2. The predicted molar refractivity (Wildman–Crippen MR) is 73.7 cm³/mol. The number of hydrogen-bond acceptors (Lipinski definition) is 3. The second-order valence-electron chi connectivity index (χ2n) is 3.99. The number of anilines is 1. The number of carboxylic acid groups (broad SMARTS) is 1. The lowest BCUT2D eigenvalue weighted by atomic mass is 10.1. The van der Waals surface area contributed by atoms with E-state index >= 15 is 0 Å². The monoisotopic (exact) mass is 277 g/mol. The molecule has 0 bridgehead atoms. The summed E-state index contributed by atoms with van der Waals surface area (Å²) in [6.45, 7) is 0. The zero-order valence-electron chi connectivity index (χ0n) is 9.97. The molecular formula is C14H12ClNO3. The van der Waals surface area contributed by atoms with E-state index in [1.54, 1.807) is 42.5 Å². The molecule has 2 aromatic rings. The Kier molecular flexibility index (Phi) is 3.92. The largest absolute Gasteiger partial charge is 0.481 e. The van der Waals surface area contributed by atoms with Crippen LogP contribution in [-0.2, 0) is 11.2 Å². The molecule has 0 aliphatic heterocycles. The maximum atomic E-state index is 10.7. The average molecular weight is 278 g/mol. The van der Waals surface area contributed by atoms with E-state index in [1.807, 2.05) is 0 Å². The van der Waals surface area contributed by atoms with Gasteiger partial charge in [0, 0.05) is 10.7 Å². The maximum absolute atomic E-state index is 10.7. The molecule has 0 saturated heterocycles. The molecule has 0 saturated carbocycles. The summed E-state index contributed by atoms with van der Waals surface area (Å²) >= 11 is 5.78. The molecule has 2 aromatic carbocycles. The maximum Gasteiger partial charge on any atom is 0.307 e. The van der Waals surface area contributed by atoms with Crippen molar-refractivity contribution in [1.29, 1.82) is 0 Å². The molecule has 0 fully saturated rings. The molecule has 5 heteroatoms. The number of carbonyl (C=O) groups is 1. The summed E-state index contributed by atoms with van der Waals surface area (Å²) in [6.07, 6.45) is -0.135. The van der Waals surface area contributed by atoms with Gasteiger partial charge < -0.3 is 15.6 Å². The van der Waals surface area contributed by atoms with Crippen LogP contribution >= 0.6 is 11.6 Å². The fourth-order valence-electron chi connectivity index (χ4n) is 1.60. The van der Waals surface area contributed by atoms with Crippen molar-refractivity contribution in [2.75, 3.05) is 5.73 Å². The van der Waals surface area contributed by atoms with Gasteiger partial charge in [0.1, 0.15) is 11.5 Å². The molecule has 0 spiro atoms. The van der Waals surface area contributed by atoms with Crippen LogP contribution in [0.15, 0.2) is 42.5 Å². The lowest BCUT2D eigenvalue weighted by Crippen LogP contribution is -2.03. The minimum absolute atomic E-state index is 0.135. The molecule has 0 aliphatic rings. The molecule has 0 atom stereocenters. The quantitative estimate of drug-likeness (QED) is 0.841. The highest BCUT2D eigenvalue weighted by atomic mass is 35.5. The Balaban J connectivity index is 2.21. The predicted octanol–water partition coefficient (Wildman–Crippen LogP) is 3.34. The second-order valence-corrected chi connectivity index (χ2v) is 4.42. The van der Waals surface area contributed by atoms with Crippen LogP contribution in [0.4, 0.5) is 5.69 Å². The van der Waals surface area contributed by atoms with Gasteiger partial charge in [-0.25, -0.2) is 0 Å². The van der Waals surface area contributed by atoms with Crippen molar-refractivity contribution < 1.29 is 14.6 Å². The Morgan fingerprint density at radius 2 is 1.79 bits per heavy atom. The molecule has 3 N–H and O–H groups in total. The average Bonchev–Trinajstić information content (AvgIpc) is 2.36. The van der Waals surface area contributed by atoms with Crippen molar-refractivity contribution in [2.45, 2.75) is 6.42 Å². The SMILES string of the molecule is Nc1ccc(Oc2ccc(Cl)cc2)cc1CC(=O)O. The Morgan fingerprint density at radius 3 is 2.42 bits per heavy atom. The molecule has 4 nitrogen and oxygen atoms in total. The summed E-state index contributed by atoms with van der Waals surface area (Å²) in [7, 11) is 0. The molecule has 0 heterocycles. The molecular weight excluding hydrogens is 266 g/mol. The Morgan fingerprint density at radius 1 is 1.16 bits per heavy atom. The van der Waals surface area contributed by atoms with Crippen LogP contribution in [0.3, 0.4) is 0 Å². The van der Waals surface area contributed by atoms with Crippen LogP contribution in [-0.4, -0.2) is 11.1 Å². The number of nitrogen functional groups attached to an aromatic ring is 1. The van der Waals surface area contributed by atoms with Crippen LogP contribution in [0, 0.1) is 0 Å². The Bertz CT molecular complexity index is 596. The number of aliphatic carboxylic acids is 1. The summed E-state index contributed by atoms with van der Waals surface area (Å²) < 4.78 is 5.60. The highest BCUT2D eigenvalue weighted by molar-refractivity contribution is 6.30. The summed E-state index contributed by atoms with van der Waals surface area (Å²) in [5, 5.41) is 9.41. The first-order valence-corrected chi connectivity index (χ1v) is 5.96. The van der Waals surface area contributed by atoms with E-state index in [0.29, 0.717) is 27.8 Å². The number of nitrogens with two attached hydrogens (primary N) is 1. The third kappa shape index (κ3) is 3.63. The fourth-order valence-corrected chi connectivity index (χ4v) is 1.73. The molecule has 0 unspecified atom stereocenters. The highest BCUT2D eigenvalue weighted by Crippen LogP contribution is 2.26. The lowest BCUT2D eigenvalue weighted by molar-refractivity contribution is -0.136. The van der Waals surface area contributed by atoms with E-state index in [-0.39, 0.29) is 6.42 Å². The van der Waals surface area contributed by atoms with Gasteiger partial charge in [0.05, 0.1) is 6.42 Å². The fraction of sp³-hybridized carbons (Fsp3) is 0.0714. The smallest absolute Gasteiger partial charge is 0.307 e. The van der Waals surface area contributed by atoms with E-state index in [0.717, 1.165) is 0 Å². The normalized spacial score (nSPS) is 10.2. The van der Waals surface area contributed by atoms with Crippen LogP contribution in [0.1, 0.15) is 5.56 Å².